The summed E-state index contributed by atoms with van der Waals surface area (Å²) in [4.78, 5) is 35.7. The number of amides is 1. The van der Waals surface area contributed by atoms with Crippen LogP contribution in [0.2, 0.25) is 0 Å². The Balaban J connectivity index is 1.30. The summed E-state index contributed by atoms with van der Waals surface area (Å²) in [7, 11) is 1.35. The van der Waals surface area contributed by atoms with Crippen molar-refractivity contribution in [3.05, 3.63) is 71.4 Å². The zero-order chi connectivity index (χ0) is 27.4. The minimum absolute atomic E-state index is 0.0614. The number of para-hydroxylation sites is 1. The molecule has 2 atom stereocenters. The topological polar surface area (TPSA) is 120 Å². The van der Waals surface area contributed by atoms with Crippen LogP contribution < -0.4 is 5.32 Å². The van der Waals surface area contributed by atoms with Crippen molar-refractivity contribution < 1.29 is 27.9 Å². The number of nitrogens with one attached hydrogen (secondary N) is 1. The highest BCUT2D eigenvalue weighted by Crippen LogP contribution is 2.35. The number of ether oxygens (including phenoxy) is 2. The first-order chi connectivity index (χ1) is 18.9. The van der Waals surface area contributed by atoms with Gasteiger partial charge in [-0.25, -0.2) is 4.98 Å². The van der Waals surface area contributed by atoms with E-state index >= 15 is 0 Å². The molecule has 0 spiro atoms. The van der Waals surface area contributed by atoms with Crippen LogP contribution in [0, 0.1) is 6.92 Å². The molecule has 4 aromatic rings. The minimum Gasteiger partial charge on any atom is -0.469 e. The highest BCUT2D eigenvalue weighted by Gasteiger charge is 2.41. The van der Waals surface area contributed by atoms with E-state index < -0.39 is 6.04 Å². The number of rotatable bonds is 10. The van der Waals surface area contributed by atoms with Crippen molar-refractivity contribution in [2.45, 2.75) is 51.7 Å². The number of oxazole rings is 2. The highest BCUT2D eigenvalue weighted by atomic mass is 16.5. The third-order valence-electron chi connectivity index (χ3n) is 6.87. The molecule has 10 heteroatoms. The average Bonchev–Trinajstić information content (AvgIpc) is 3.66. The summed E-state index contributed by atoms with van der Waals surface area (Å²) in [6.45, 7) is 4.98. The molecule has 10 nitrogen and oxygen atoms in total. The molecule has 0 unspecified atom stereocenters. The van der Waals surface area contributed by atoms with Gasteiger partial charge in [-0.1, -0.05) is 24.3 Å². The van der Waals surface area contributed by atoms with E-state index in [1.165, 1.54) is 7.11 Å². The standard InChI is InChI=1S/C29H32N4O6/c1-4-37-23-13-14-33(27(23)28-30-17-20(38-28)10-12-26(35)36-3)25(34)16-19-9-11-22-24(15-19)39-29(32-22)31-21-8-6-5-7-18(21)2/h5-9,11,15,17,23,27H,4,10,12-14,16H2,1-3H3,(H,31,32)/t23-,27-/m0/s1. The molecule has 1 amide bonds. The van der Waals surface area contributed by atoms with Gasteiger partial charge >= 0.3 is 5.97 Å². The van der Waals surface area contributed by atoms with Crippen molar-refractivity contribution in [2.24, 2.45) is 0 Å². The second-order valence-electron chi connectivity index (χ2n) is 9.49. The van der Waals surface area contributed by atoms with Crippen molar-refractivity contribution in [1.29, 1.82) is 0 Å². The lowest BCUT2D eigenvalue weighted by Gasteiger charge is -2.25. The molecule has 5 rings (SSSR count). The fourth-order valence-corrected chi connectivity index (χ4v) is 4.86. The van der Waals surface area contributed by atoms with Gasteiger partial charge < -0.3 is 28.5 Å². The number of aromatic nitrogens is 2. The van der Waals surface area contributed by atoms with E-state index in [0.29, 0.717) is 54.8 Å². The number of aryl methyl sites for hydroxylation is 2. The summed E-state index contributed by atoms with van der Waals surface area (Å²) < 4.78 is 22.6. The molecule has 1 aliphatic heterocycles. The molecule has 204 valence electrons. The van der Waals surface area contributed by atoms with Crippen LogP contribution in [0.15, 0.2) is 57.5 Å². The monoisotopic (exact) mass is 532 g/mol. The number of carbonyl (C=O) groups is 2. The van der Waals surface area contributed by atoms with Crippen LogP contribution in [-0.2, 0) is 31.9 Å². The van der Waals surface area contributed by atoms with Crippen LogP contribution in [0.1, 0.15) is 48.6 Å². The predicted octanol–water partition coefficient (Wildman–Crippen LogP) is 4.89. The van der Waals surface area contributed by atoms with E-state index in [0.717, 1.165) is 16.8 Å². The van der Waals surface area contributed by atoms with Gasteiger partial charge in [-0.15, -0.1) is 0 Å². The smallest absolute Gasteiger partial charge is 0.305 e. The zero-order valence-electron chi connectivity index (χ0n) is 22.3. The molecule has 0 aliphatic carbocycles. The number of anilines is 2. The number of nitrogens with zero attached hydrogens (tertiary/aromatic N) is 3. The quantitative estimate of drug-likeness (QED) is 0.285. The van der Waals surface area contributed by atoms with E-state index in [9.17, 15) is 9.59 Å². The van der Waals surface area contributed by atoms with Gasteiger partial charge in [-0.05, 0) is 49.6 Å². The Bertz CT molecular complexity index is 1460. The molecule has 1 aliphatic rings. The molecule has 0 radical (unpaired) electrons. The number of hydrogen-bond donors (Lipinski definition) is 1. The van der Waals surface area contributed by atoms with Gasteiger partial charge in [-0.2, -0.15) is 4.98 Å². The first-order valence-electron chi connectivity index (χ1n) is 13.1. The van der Waals surface area contributed by atoms with E-state index in [4.69, 9.17) is 18.3 Å². The zero-order valence-corrected chi connectivity index (χ0v) is 22.3. The molecule has 1 N–H and O–H groups in total. The van der Waals surface area contributed by atoms with Crippen LogP contribution in [0.4, 0.5) is 11.7 Å². The van der Waals surface area contributed by atoms with Gasteiger partial charge in [0.2, 0.25) is 11.8 Å². The molecular weight excluding hydrogens is 500 g/mol. The molecule has 1 fully saturated rings. The van der Waals surface area contributed by atoms with Crippen molar-refractivity contribution in [2.75, 3.05) is 25.6 Å². The average molecular weight is 533 g/mol. The lowest BCUT2D eigenvalue weighted by Crippen LogP contribution is -2.35. The van der Waals surface area contributed by atoms with Crippen molar-refractivity contribution >= 4 is 34.7 Å². The number of fused-ring (bicyclic) bond motifs is 1. The van der Waals surface area contributed by atoms with Crippen LogP contribution in [0.25, 0.3) is 11.1 Å². The first-order valence-corrected chi connectivity index (χ1v) is 13.1. The highest BCUT2D eigenvalue weighted by molar-refractivity contribution is 5.82. The number of benzene rings is 2. The normalized spacial score (nSPS) is 17.1. The third-order valence-corrected chi connectivity index (χ3v) is 6.87. The number of carbonyl (C=O) groups excluding carboxylic acids is 2. The van der Waals surface area contributed by atoms with Gasteiger partial charge in [0, 0.05) is 25.3 Å². The van der Waals surface area contributed by atoms with Gasteiger partial charge in [0.15, 0.2) is 5.58 Å². The Morgan fingerprint density at radius 1 is 1.18 bits per heavy atom. The largest absolute Gasteiger partial charge is 0.469 e. The Morgan fingerprint density at radius 3 is 2.82 bits per heavy atom. The molecule has 2 aromatic carbocycles. The summed E-state index contributed by atoms with van der Waals surface area (Å²) in [6, 6.07) is 13.5. The van der Waals surface area contributed by atoms with Gasteiger partial charge in [0.1, 0.15) is 17.3 Å². The number of methoxy groups -OCH3 is 1. The maximum atomic E-state index is 13.5. The van der Waals surface area contributed by atoms with Gasteiger partial charge in [-0.3, -0.25) is 9.59 Å². The number of esters is 1. The van der Waals surface area contributed by atoms with Gasteiger partial charge in [0.05, 0.1) is 32.3 Å². The number of hydrogen-bond acceptors (Lipinski definition) is 9. The maximum absolute atomic E-state index is 13.5. The molecule has 3 heterocycles. The van der Waals surface area contributed by atoms with Crippen LogP contribution in [0.3, 0.4) is 0 Å². The Kier molecular flexibility index (Phi) is 7.92. The van der Waals surface area contributed by atoms with E-state index in [-0.39, 0.29) is 30.8 Å². The molecule has 1 saturated heterocycles. The Morgan fingerprint density at radius 2 is 2.03 bits per heavy atom. The van der Waals surface area contributed by atoms with Crippen LogP contribution >= 0.6 is 0 Å². The summed E-state index contributed by atoms with van der Waals surface area (Å²) in [5.41, 5.74) is 4.12. The van der Waals surface area contributed by atoms with Crippen molar-refractivity contribution in [3.8, 4) is 0 Å². The van der Waals surface area contributed by atoms with Crippen molar-refractivity contribution in [3.63, 3.8) is 0 Å². The van der Waals surface area contributed by atoms with E-state index in [1.54, 1.807) is 11.1 Å². The maximum Gasteiger partial charge on any atom is 0.305 e. The molecule has 2 aromatic heterocycles. The van der Waals surface area contributed by atoms with Crippen molar-refractivity contribution in [1.82, 2.24) is 14.9 Å². The summed E-state index contributed by atoms with van der Waals surface area (Å²) in [5, 5.41) is 3.22. The van der Waals surface area contributed by atoms with E-state index in [1.807, 2.05) is 56.3 Å². The van der Waals surface area contributed by atoms with Crippen LogP contribution in [0.5, 0.6) is 0 Å². The molecule has 39 heavy (non-hydrogen) atoms. The number of likely N-dealkylation sites (tertiary alicyclic amines) is 1. The second-order valence-corrected chi connectivity index (χ2v) is 9.49. The lowest BCUT2D eigenvalue weighted by atomic mass is 10.1. The summed E-state index contributed by atoms with van der Waals surface area (Å²) in [5.74, 6) is 0.598. The minimum atomic E-state index is -0.441. The first kappa shape index (κ1) is 26.4. The second kappa shape index (κ2) is 11.7. The van der Waals surface area contributed by atoms with Crippen LogP contribution in [-0.4, -0.2) is 53.1 Å². The SMILES string of the molecule is CCO[C@H]1CCN(C(=O)Cc2ccc3nc(Nc4ccccc4C)oc3c2)[C@@H]1c1ncc(CCC(=O)OC)o1. The molecule has 0 bridgehead atoms. The lowest BCUT2D eigenvalue weighted by molar-refractivity contribution is -0.140. The Labute approximate surface area is 226 Å². The Hall–Kier alpha value is -4.18. The molecular formula is C29H32N4O6. The van der Waals surface area contributed by atoms with Gasteiger partial charge in [0.25, 0.3) is 6.01 Å². The fourth-order valence-electron chi connectivity index (χ4n) is 4.86. The predicted molar refractivity (Wildman–Crippen MR) is 143 cm³/mol. The van der Waals surface area contributed by atoms with E-state index in [2.05, 4.69) is 15.3 Å². The summed E-state index contributed by atoms with van der Waals surface area (Å²) >= 11 is 0. The summed E-state index contributed by atoms with van der Waals surface area (Å²) in [6.07, 6.45) is 2.81. The third kappa shape index (κ3) is 5.96. The molecule has 0 saturated carbocycles. The fraction of sp³-hybridized carbons (Fsp3) is 0.379.